The molecule has 1 aromatic carbocycles. The molecule has 0 N–H and O–H groups in total. The van der Waals surface area contributed by atoms with Gasteiger partial charge < -0.3 is 0 Å². The third-order valence-corrected chi connectivity index (χ3v) is 3.88. The van der Waals surface area contributed by atoms with Crippen LogP contribution in [0.1, 0.15) is 16.7 Å². The molecule has 0 saturated heterocycles. The second-order valence-corrected chi connectivity index (χ2v) is 6.71. The Labute approximate surface area is 133 Å². The maximum Gasteiger partial charge on any atom is 0.00358 e. The number of alkyl halides is 3. The summed E-state index contributed by atoms with van der Waals surface area (Å²) in [5.74, 6) is 0. The second kappa shape index (κ2) is 8.49. The van der Waals surface area contributed by atoms with E-state index in [2.05, 4.69) is 86.0 Å². The van der Waals surface area contributed by atoms with E-state index in [1.54, 1.807) is 0 Å². The quantitative estimate of drug-likeness (QED) is 0.366. The van der Waals surface area contributed by atoms with E-state index in [1.165, 1.54) is 49.2 Å². The van der Waals surface area contributed by atoms with Gasteiger partial charge in [0, 0.05) is 13.3 Å². The van der Waals surface area contributed by atoms with Crippen LogP contribution in [-0.4, -0.2) is 13.3 Å². The van der Waals surface area contributed by atoms with Crippen molar-refractivity contribution in [1.82, 2.24) is 0 Å². The molecule has 0 saturated carbocycles. The molecule has 0 heterocycles. The number of benzene rings is 1. The SMILES string of the molecule is ICCc1cc(CCI)cc(CCI)c1. The predicted octanol–water partition coefficient (Wildman–Crippen LogP) is 4.62. The third kappa shape index (κ3) is 5.52. The minimum atomic E-state index is 1.21. The van der Waals surface area contributed by atoms with Crippen LogP contribution in [0, 0.1) is 0 Å². The summed E-state index contributed by atoms with van der Waals surface area (Å²) in [5, 5.41) is 0. The van der Waals surface area contributed by atoms with Gasteiger partial charge in [0.05, 0.1) is 0 Å². The van der Waals surface area contributed by atoms with Gasteiger partial charge in [-0.3, -0.25) is 0 Å². The first-order valence-electron chi connectivity index (χ1n) is 5.09. The molecular formula is C12H15I3. The Morgan fingerprint density at radius 1 is 0.600 bits per heavy atom. The zero-order valence-corrected chi connectivity index (χ0v) is 15.1. The van der Waals surface area contributed by atoms with Crippen LogP contribution >= 0.6 is 67.8 Å². The fraction of sp³-hybridized carbons (Fsp3) is 0.500. The molecule has 0 radical (unpaired) electrons. The molecule has 0 nitrogen and oxygen atoms in total. The molecule has 0 aliphatic heterocycles. The molecule has 3 heteroatoms. The van der Waals surface area contributed by atoms with Crippen molar-refractivity contribution < 1.29 is 0 Å². The van der Waals surface area contributed by atoms with Crippen molar-refractivity contribution in [3.8, 4) is 0 Å². The van der Waals surface area contributed by atoms with Gasteiger partial charge in [0.1, 0.15) is 0 Å². The van der Waals surface area contributed by atoms with E-state index in [0.29, 0.717) is 0 Å². The number of halogens is 3. The molecule has 0 fully saturated rings. The number of hydrogen-bond acceptors (Lipinski definition) is 0. The Kier molecular flexibility index (Phi) is 8.19. The molecule has 0 spiro atoms. The van der Waals surface area contributed by atoms with E-state index in [4.69, 9.17) is 0 Å². The van der Waals surface area contributed by atoms with Crippen molar-refractivity contribution in [2.45, 2.75) is 19.3 Å². The zero-order valence-electron chi connectivity index (χ0n) is 8.61. The number of hydrogen-bond donors (Lipinski definition) is 0. The van der Waals surface area contributed by atoms with Crippen LogP contribution in [0.2, 0.25) is 0 Å². The fourth-order valence-corrected chi connectivity index (χ4v) is 3.47. The first-order valence-corrected chi connectivity index (χ1v) is 9.67. The third-order valence-electron chi connectivity index (χ3n) is 2.26. The van der Waals surface area contributed by atoms with E-state index >= 15 is 0 Å². The van der Waals surface area contributed by atoms with Crippen molar-refractivity contribution in [3.63, 3.8) is 0 Å². The van der Waals surface area contributed by atoms with Crippen LogP contribution in [0.25, 0.3) is 0 Å². The van der Waals surface area contributed by atoms with Crippen molar-refractivity contribution >= 4 is 67.8 Å². The molecule has 0 unspecified atom stereocenters. The highest BCUT2D eigenvalue weighted by Gasteiger charge is 2.00. The summed E-state index contributed by atoms with van der Waals surface area (Å²) in [4.78, 5) is 0. The van der Waals surface area contributed by atoms with Crippen molar-refractivity contribution in [1.29, 1.82) is 0 Å². The Balaban J connectivity index is 2.86. The van der Waals surface area contributed by atoms with Gasteiger partial charge in [0.2, 0.25) is 0 Å². The molecule has 84 valence electrons. The van der Waals surface area contributed by atoms with Crippen LogP contribution in [-0.2, 0) is 19.3 Å². The van der Waals surface area contributed by atoms with Crippen LogP contribution in [0.4, 0.5) is 0 Å². The van der Waals surface area contributed by atoms with Crippen LogP contribution in [0.5, 0.6) is 0 Å². The summed E-state index contributed by atoms with van der Waals surface area (Å²) < 4.78 is 3.65. The molecule has 0 aliphatic rings. The summed E-state index contributed by atoms with van der Waals surface area (Å²) in [6.45, 7) is 0. The molecular weight excluding hydrogens is 525 g/mol. The van der Waals surface area contributed by atoms with Crippen LogP contribution in [0.15, 0.2) is 18.2 Å². The first-order chi connectivity index (χ1) is 7.30. The monoisotopic (exact) mass is 540 g/mol. The van der Waals surface area contributed by atoms with E-state index in [1.807, 2.05) is 0 Å². The van der Waals surface area contributed by atoms with Gasteiger partial charge in [-0.1, -0.05) is 86.0 Å². The smallest absolute Gasteiger partial charge is 0.00358 e. The van der Waals surface area contributed by atoms with Gasteiger partial charge >= 0.3 is 0 Å². The van der Waals surface area contributed by atoms with Gasteiger partial charge in [-0.05, 0) is 36.0 Å². The molecule has 0 aliphatic carbocycles. The highest BCUT2D eigenvalue weighted by Crippen LogP contribution is 2.15. The predicted molar refractivity (Wildman–Crippen MR) is 94.2 cm³/mol. The van der Waals surface area contributed by atoms with Crippen LogP contribution in [0.3, 0.4) is 0 Å². The van der Waals surface area contributed by atoms with Gasteiger partial charge in [-0.2, -0.15) is 0 Å². The second-order valence-electron chi connectivity index (χ2n) is 3.47. The summed E-state index contributed by atoms with van der Waals surface area (Å²) in [6, 6.07) is 7.15. The normalized spacial score (nSPS) is 10.6. The Morgan fingerprint density at radius 2 is 0.867 bits per heavy atom. The van der Waals surface area contributed by atoms with Gasteiger partial charge in [-0.15, -0.1) is 0 Å². The average Bonchev–Trinajstić information content (AvgIpc) is 2.19. The first kappa shape index (κ1) is 14.5. The topological polar surface area (TPSA) is 0 Å². The maximum absolute atomic E-state index is 2.45. The van der Waals surface area contributed by atoms with E-state index in [-0.39, 0.29) is 0 Å². The highest BCUT2D eigenvalue weighted by atomic mass is 127. The lowest BCUT2D eigenvalue weighted by molar-refractivity contribution is 1.07. The Hall–Kier alpha value is 1.41. The molecule has 0 atom stereocenters. The lowest BCUT2D eigenvalue weighted by Crippen LogP contribution is -1.96. The van der Waals surface area contributed by atoms with Crippen molar-refractivity contribution in [2.24, 2.45) is 0 Å². The fourth-order valence-electron chi connectivity index (χ4n) is 1.60. The van der Waals surface area contributed by atoms with Crippen molar-refractivity contribution in [2.75, 3.05) is 13.3 Å². The lowest BCUT2D eigenvalue weighted by Gasteiger charge is -2.07. The minimum absolute atomic E-state index is 1.21. The Bertz CT molecular complexity index is 237. The largest absolute Gasteiger partial charge is 0.0860 e. The molecule has 0 bridgehead atoms. The number of aryl methyl sites for hydroxylation is 3. The van der Waals surface area contributed by atoms with Gasteiger partial charge in [0.15, 0.2) is 0 Å². The van der Waals surface area contributed by atoms with E-state index in [0.717, 1.165) is 0 Å². The molecule has 1 rings (SSSR count). The van der Waals surface area contributed by atoms with Gasteiger partial charge in [0.25, 0.3) is 0 Å². The summed E-state index contributed by atoms with van der Waals surface area (Å²) in [5.41, 5.74) is 4.56. The van der Waals surface area contributed by atoms with Gasteiger partial charge in [-0.25, -0.2) is 0 Å². The molecule has 0 amide bonds. The average molecular weight is 540 g/mol. The zero-order chi connectivity index (χ0) is 11.1. The maximum atomic E-state index is 2.45. The van der Waals surface area contributed by atoms with Crippen LogP contribution < -0.4 is 0 Å². The molecule has 0 aromatic heterocycles. The van der Waals surface area contributed by atoms with E-state index < -0.39 is 0 Å². The standard InChI is InChI=1S/C12H15I3/c13-4-1-10-7-11(2-5-14)9-12(8-10)3-6-15/h7-9H,1-6H2. The summed E-state index contributed by atoms with van der Waals surface area (Å²) >= 11 is 7.36. The van der Waals surface area contributed by atoms with Crippen molar-refractivity contribution in [3.05, 3.63) is 34.9 Å². The summed E-state index contributed by atoms with van der Waals surface area (Å²) in [7, 11) is 0. The van der Waals surface area contributed by atoms with E-state index in [9.17, 15) is 0 Å². The molecule has 15 heavy (non-hydrogen) atoms. The lowest BCUT2D eigenvalue weighted by atomic mass is 10.0. The molecule has 1 aromatic rings. The summed E-state index contributed by atoms with van der Waals surface area (Å²) in [6.07, 6.45) is 3.64. The minimum Gasteiger partial charge on any atom is -0.0860 e. The number of rotatable bonds is 6. The Morgan fingerprint density at radius 3 is 1.07 bits per heavy atom. The highest BCUT2D eigenvalue weighted by molar-refractivity contribution is 14.1.